The van der Waals surface area contributed by atoms with E-state index in [9.17, 15) is 13.9 Å². The van der Waals surface area contributed by atoms with Gasteiger partial charge in [-0.2, -0.15) is 0 Å². The summed E-state index contributed by atoms with van der Waals surface area (Å²) < 4.78 is 23.7. The lowest BCUT2D eigenvalue weighted by molar-refractivity contribution is -0.140. The van der Waals surface area contributed by atoms with Gasteiger partial charge in [-0.05, 0) is 0 Å². The molecule has 0 saturated carbocycles. The minimum atomic E-state index is -4.92. The maximum atomic E-state index is 10.8. The summed E-state index contributed by atoms with van der Waals surface area (Å²) in [4.78, 5) is 45.5. The van der Waals surface area contributed by atoms with E-state index in [1.807, 2.05) is 0 Å². The smallest absolute Gasteiger partial charge is 0.350 e. The van der Waals surface area contributed by atoms with Crippen LogP contribution in [0.15, 0.2) is 0 Å². The molecule has 0 aliphatic carbocycles. The fourth-order valence-electron chi connectivity index (χ4n) is 0.740. The summed E-state index contributed by atoms with van der Waals surface area (Å²) in [5.74, 6) is -0.768. The number of esters is 1. The Balaban J connectivity index is 4.44. The molecule has 0 aromatic heterocycles. The van der Waals surface area contributed by atoms with Crippen LogP contribution in [-0.2, 0) is 18.7 Å². The van der Waals surface area contributed by atoms with Gasteiger partial charge in [0.1, 0.15) is 0 Å². The lowest BCUT2D eigenvalue weighted by Crippen LogP contribution is -2.08. The Morgan fingerprint density at radius 2 is 1.69 bits per heavy atom. The number of hydrogen-bond donors (Lipinski definition) is 4. The predicted octanol–water partition coefficient (Wildman–Crippen LogP) is -0.0783. The van der Waals surface area contributed by atoms with Crippen LogP contribution in [0.3, 0.4) is 0 Å². The Bertz CT molecular complexity index is 309. The van der Waals surface area contributed by atoms with Gasteiger partial charge in [-0.3, -0.25) is 13.9 Å². The molecule has 0 amide bonds. The van der Waals surface area contributed by atoms with Crippen LogP contribution in [0.1, 0.15) is 6.42 Å². The van der Waals surface area contributed by atoms with Crippen molar-refractivity contribution < 1.29 is 38.2 Å². The van der Waals surface area contributed by atoms with Gasteiger partial charge in [0.2, 0.25) is 4.73 Å². The lowest BCUT2D eigenvalue weighted by Gasteiger charge is -2.18. The van der Waals surface area contributed by atoms with E-state index in [4.69, 9.17) is 19.6 Å². The molecule has 0 saturated heterocycles. The molecule has 4 N–H and O–H groups in total. The monoisotopic (exact) mass is 294 g/mol. The van der Waals surface area contributed by atoms with Crippen LogP contribution >= 0.6 is 27.0 Å². The number of ether oxygens (including phenoxy) is 1. The summed E-state index contributed by atoms with van der Waals surface area (Å²) in [6.07, 6.45) is -0.183. The van der Waals surface area contributed by atoms with Gasteiger partial charge < -0.3 is 24.3 Å². The number of rotatable bonds is 6. The topological polar surface area (TPSA) is 141 Å². The molecule has 0 spiro atoms. The van der Waals surface area contributed by atoms with Crippen LogP contribution in [0.4, 0.5) is 0 Å². The first-order chi connectivity index (χ1) is 7.09. The molecule has 0 rings (SSSR count). The third kappa shape index (κ3) is 6.00. The molecular formula is C5H12O8P2S. The normalized spacial score (nSPS) is 12.9. The minimum absolute atomic E-state index is 0.145. The van der Waals surface area contributed by atoms with Crippen molar-refractivity contribution in [3.05, 3.63) is 0 Å². The highest BCUT2D eigenvalue weighted by Gasteiger charge is 2.43. The van der Waals surface area contributed by atoms with Crippen LogP contribution in [0, 0.1) is 0 Å². The summed E-state index contributed by atoms with van der Waals surface area (Å²) in [6.45, 7) is 0. The zero-order valence-corrected chi connectivity index (χ0v) is 10.8. The largest absolute Gasteiger partial charge is 0.469 e. The number of hydrogen-bond acceptors (Lipinski definition) is 5. The molecule has 0 aliphatic heterocycles. The van der Waals surface area contributed by atoms with E-state index in [0.29, 0.717) is 11.8 Å². The van der Waals surface area contributed by atoms with Crippen LogP contribution in [0.2, 0.25) is 0 Å². The quantitative estimate of drug-likeness (QED) is 0.391. The van der Waals surface area contributed by atoms with Crippen LogP contribution in [-0.4, -0.2) is 43.1 Å². The van der Waals surface area contributed by atoms with Gasteiger partial charge in [0.05, 0.1) is 13.5 Å². The minimum Gasteiger partial charge on any atom is -0.469 e. The Kier molecular flexibility index (Phi) is 6.21. The highest BCUT2D eigenvalue weighted by Crippen LogP contribution is 2.64. The third-order valence-corrected chi connectivity index (χ3v) is 7.61. The Morgan fingerprint density at radius 3 is 2.00 bits per heavy atom. The van der Waals surface area contributed by atoms with Crippen molar-refractivity contribution in [3.63, 3.8) is 0 Å². The summed E-state index contributed by atoms with van der Waals surface area (Å²) in [5.41, 5.74) is 0. The first-order valence-corrected chi connectivity index (χ1v) is 8.29. The molecule has 0 bridgehead atoms. The van der Waals surface area contributed by atoms with Gasteiger partial charge in [-0.1, -0.05) is 0 Å². The number of carbonyl (C=O) groups excluding carboxylic acids is 1. The second kappa shape index (κ2) is 6.16. The van der Waals surface area contributed by atoms with E-state index in [0.717, 1.165) is 7.11 Å². The zero-order valence-electron chi connectivity index (χ0n) is 8.22. The van der Waals surface area contributed by atoms with Gasteiger partial charge in [0.15, 0.2) is 0 Å². The number of methoxy groups -OCH3 is 1. The van der Waals surface area contributed by atoms with E-state index in [1.165, 1.54) is 0 Å². The third-order valence-electron chi connectivity index (χ3n) is 1.38. The molecular weight excluding hydrogens is 282 g/mol. The second-order valence-electron chi connectivity index (χ2n) is 2.70. The highest BCUT2D eigenvalue weighted by molar-refractivity contribution is 8.12. The Morgan fingerprint density at radius 1 is 1.25 bits per heavy atom. The number of carbonyl (C=O) groups is 1. The molecule has 0 heterocycles. The summed E-state index contributed by atoms with van der Waals surface area (Å²) in [5, 5.41) is 0. The van der Waals surface area contributed by atoms with Gasteiger partial charge in [-0.15, -0.1) is 11.8 Å². The fourth-order valence-corrected chi connectivity index (χ4v) is 4.99. The van der Waals surface area contributed by atoms with E-state index >= 15 is 0 Å². The average molecular weight is 294 g/mol. The van der Waals surface area contributed by atoms with E-state index in [2.05, 4.69) is 4.74 Å². The molecule has 0 atom stereocenters. The molecule has 8 nitrogen and oxygen atoms in total. The molecule has 0 fully saturated rings. The molecule has 0 aromatic rings. The first kappa shape index (κ1) is 16.1. The standard InChI is InChI=1S/C5H12O8P2S/c1-13-4(6)2-3-16-5(14(7,8)9)15(10,11)12/h5H,2-3H2,1H3,(H2,7,8,9)(H2,10,11,12). The summed E-state index contributed by atoms with van der Waals surface area (Å²) in [7, 11) is -8.70. The van der Waals surface area contributed by atoms with Gasteiger partial charge in [-0.25, -0.2) is 0 Å². The van der Waals surface area contributed by atoms with Crippen molar-refractivity contribution >= 4 is 32.9 Å². The maximum Gasteiger partial charge on any atom is 0.350 e. The van der Waals surface area contributed by atoms with Crippen molar-refractivity contribution in [2.75, 3.05) is 12.9 Å². The average Bonchev–Trinajstić information content (AvgIpc) is 2.07. The van der Waals surface area contributed by atoms with E-state index in [1.54, 1.807) is 0 Å². The van der Waals surface area contributed by atoms with Gasteiger partial charge in [0.25, 0.3) is 0 Å². The van der Waals surface area contributed by atoms with Crippen molar-refractivity contribution in [1.29, 1.82) is 0 Å². The van der Waals surface area contributed by atoms with Crippen LogP contribution < -0.4 is 0 Å². The first-order valence-electron chi connectivity index (χ1n) is 3.88. The highest BCUT2D eigenvalue weighted by atomic mass is 32.2. The maximum absolute atomic E-state index is 10.8. The lowest BCUT2D eigenvalue weighted by atomic mass is 10.5. The molecule has 0 aromatic carbocycles. The van der Waals surface area contributed by atoms with Crippen LogP contribution in [0.5, 0.6) is 0 Å². The molecule has 16 heavy (non-hydrogen) atoms. The second-order valence-corrected chi connectivity index (χ2v) is 8.41. The van der Waals surface area contributed by atoms with E-state index in [-0.39, 0.29) is 12.2 Å². The molecule has 0 unspecified atom stereocenters. The van der Waals surface area contributed by atoms with Gasteiger partial charge >= 0.3 is 21.2 Å². The fraction of sp³-hybridized carbons (Fsp3) is 0.800. The van der Waals surface area contributed by atoms with Crippen LogP contribution in [0.25, 0.3) is 0 Å². The zero-order chi connectivity index (χ0) is 13.0. The molecule has 11 heteroatoms. The Labute approximate surface area is 95.7 Å². The molecule has 0 radical (unpaired) electrons. The SMILES string of the molecule is COC(=O)CCSC(P(=O)(O)O)P(=O)(O)O. The Hall–Kier alpha value is 0.120. The summed E-state index contributed by atoms with van der Waals surface area (Å²) >= 11 is 0.352. The van der Waals surface area contributed by atoms with Crippen molar-refractivity contribution in [3.8, 4) is 0 Å². The van der Waals surface area contributed by atoms with Crippen molar-refractivity contribution in [2.45, 2.75) is 11.2 Å². The van der Waals surface area contributed by atoms with Crippen molar-refractivity contribution in [2.24, 2.45) is 0 Å². The molecule has 96 valence electrons. The molecule has 0 aliphatic rings. The number of thioether (sulfide) groups is 1. The van der Waals surface area contributed by atoms with Crippen molar-refractivity contribution in [1.82, 2.24) is 0 Å². The van der Waals surface area contributed by atoms with Gasteiger partial charge in [0, 0.05) is 5.75 Å². The predicted molar refractivity (Wildman–Crippen MR) is 57.0 cm³/mol. The summed E-state index contributed by atoms with van der Waals surface area (Å²) in [6, 6.07) is 0. The van der Waals surface area contributed by atoms with E-state index < -0.39 is 25.9 Å².